The summed E-state index contributed by atoms with van der Waals surface area (Å²) in [5, 5.41) is 0. The molecule has 1 aromatic rings. The second kappa shape index (κ2) is 5.08. The quantitative estimate of drug-likeness (QED) is 0.804. The molecular weight excluding hydrogens is 284 g/mol. The fraction of sp³-hybridized carbons (Fsp3) is 0.462. The monoisotopic (exact) mass is 298 g/mol. The number of carbonyl (C=O) groups excluding carboxylic acids is 1. The Morgan fingerprint density at radius 1 is 1.47 bits per heavy atom. The number of hydrogen-bond donors (Lipinski definition) is 0. The van der Waals surface area contributed by atoms with Gasteiger partial charge in [-0.3, -0.25) is 0 Å². The topological polar surface area (TPSA) is 35.5 Å². The van der Waals surface area contributed by atoms with Crippen LogP contribution in [0, 0.1) is 6.92 Å². The number of halogens is 1. The molecule has 0 spiro atoms. The summed E-state index contributed by atoms with van der Waals surface area (Å²) in [4.78, 5) is 10.6. The van der Waals surface area contributed by atoms with Crippen molar-refractivity contribution in [1.82, 2.24) is 0 Å². The van der Waals surface area contributed by atoms with Gasteiger partial charge in [0.2, 0.25) is 0 Å². The number of carbonyl (C=O) groups is 1. The number of fused-ring (bicyclic) bond motifs is 1. The van der Waals surface area contributed by atoms with E-state index in [9.17, 15) is 4.79 Å². The number of aldehydes is 1. The molecule has 1 heterocycles. The fourth-order valence-electron chi connectivity index (χ4n) is 2.15. The van der Waals surface area contributed by atoms with Crippen LogP contribution in [0.5, 0.6) is 11.5 Å². The smallest absolute Gasteiger partial charge is 0.175 e. The second-order valence-corrected chi connectivity index (χ2v) is 5.04. The van der Waals surface area contributed by atoms with E-state index in [-0.39, 0.29) is 5.92 Å². The van der Waals surface area contributed by atoms with Crippen molar-refractivity contribution >= 4 is 22.2 Å². The highest BCUT2D eigenvalue weighted by Crippen LogP contribution is 2.44. The summed E-state index contributed by atoms with van der Waals surface area (Å²) in [7, 11) is 0. The molecule has 0 bridgehead atoms. The van der Waals surface area contributed by atoms with Crippen LogP contribution in [0.15, 0.2) is 10.5 Å². The molecule has 0 aromatic heterocycles. The molecule has 1 aromatic carbocycles. The van der Waals surface area contributed by atoms with Crippen LogP contribution in [-0.4, -0.2) is 19.5 Å². The average molecular weight is 299 g/mol. The van der Waals surface area contributed by atoms with Crippen LogP contribution in [-0.2, 0) is 4.79 Å². The molecule has 0 saturated carbocycles. The Hall–Kier alpha value is -1.03. The molecule has 1 unspecified atom stereocenters. The molecule has 0 N–H and O–H groups in total. The second-order valence-electron chi connectivity index (χ2n) is 4.25. The van der Waals surface area contributed by atoms with Gasteiger partial charge < -0.3 is 14.3 Å². The standard InChI is InChI=1S/C13H15BrO3/c1-8(3-4-15)11-9(2)7-10-13(12(11)14)17-6-5-16-10/h4,7-8H,3,5-6H2,1-2H3. The summed E-state index contributed by atoms with van der Waals surface area (Å²) < 4.78 is 12.1. The Morgan fingerprint density at radius 3 is 2.88 bits per heavy atom. The van der Waals surface area contributed by atoms with Crippen LogP contribution in [0.4, 0.5) is 0 Å². The summed E-state index contributed by atoms with van der Waals surface area (Å²) in [5.41, 5.74) is 2.25. The van der Waals surface area contributed by atoms with Gasteiger partial charge in [-0.05, 0) is 46.0 Å². The van der Waals surface area contributed by atoms with Gasteiger partial charge in [0, 0.05) is 6.42 Å². The van der Waals surface area contributed by atoms with Gasteiger partial charge in [0.1, 0.15) is 19.5 Å². The first-order chi connectivity index (χ1) is 8.15. The van der Waals surface area contributed by atoms with Crippen molar-refractivity contribution in [2.45, 2.75) is 26.2 Å². The summed E-state index contributed by atoms with van der Waals surface area (Å²) in [6.45, 7) is 5.22. The molecule has 1 aliphatic heterocycles. The molecule has 2 rings (SSSR count). The van der Waals surface area contributed by atoms with Crippen molar-refractivity contribution in [1.29, 1.82) is 0 Å². The molecule has 17 heavy (non-hydrogen) atoms. The van der Waals surface area contributed by atoms with Crippen molar-refractivity contribution in [2.24, 2.45) is 0 Å². The summed E-state index contributed by atoms with van der Waals surface area (Å²) in [6, 6.07) is 1.98. The van der Waals surface area contributed by atoms with Crippen LogP contribution < -0.4 is 9.47 Å². The van der Waals surface area contributed by atoms with E-state index in [4.69, 9.17) is 9.47 Å². The lowest BCUT2D eigenvalue weighted by Crippen LogP contribution is -2.17. The van der Waals surface area contributed by atoms with Gasteiger partial charge in [-0.2, -0.15) is 0 Å². The van der Waals surface area contributed by atoms with Gasteiger partial charge >= 0.3 is 0 Å². The third-order valence-corrected chi connectivity index (χ3v) is 3.75. The molecule has 0 radical (unpaired) electrons. The van der Waals surface area contributed by atoms with Crippen molar-refractivity contribution in [3.8, 4) is 11.5 Å². The van der Waals surface area contributed by atoms with Crippen LogP contribution in [0.3, 0.4) is 0 Å². The molecule has 1 atom stereocenters. The van der Waals surface area contributed by atoms with Gasteiger partial charge in [-0.25, -0.2) is 0 Å². The van der Waals surface area contributed by atoms with Crippen LogP contribution >= 0.6 is 15.9 Å². The van der Waals surface area contributed by atoms with Gasteiger partial charge in [0.05, 0.1) is 4.47 Å². The zero-order valence-electron chi connectivity index (χ0n) is 9.96. The van der Waals surface area contributed by atoms with Crippen molar-refractivity contribution in [2.75, 3.05) is 13.2 Å². The van der Waals surface area contributed by atoms with E-state index in [1.807, 2.05) is 19.9 Å². The first-order valence-electron chi connectivity index (χ1n) is 5.67. The molecule has 0 amide bonds. The summed E-state index contributed by atoms with van der Waals surface area (Å²) >= 11 is 3.57. The SMILES string of the molecule is Cc1cc2c(c(Br)c1C(C)CC=O)OCCO2. The normalized spacial score (nSPS) is 15.5. The van der Waals surface area contributed by atoms with Crippen molar-refractivity contribution < 1.29 is 14.3 Å². The Morgan fingerprint density at radius 2 is 2.18 bits per heavy atom. The first kappa shape index (κ1) is 12.4. The highest BCUT2D eigenvalue weighted by Gasteiger charge is 2.22. The lowest BCUT2D eigenvalue weighted by atomic mass is 9.93. The Labute approximate surface area is 109 Å². The zero-order valence-corrected chi connectivity index (χ0v) is 11.5. The maximum absolute atomic E-state index is 10.6. The van der Waals surface area contributed by atoms with E-state index in [1.165, 1.54) is 0 Å². The van der Waals surface area contributed by atoms with Gasteiger partial charge in [0.25, 0.3) is 0 Å². The predicted molar refractivity (Wildman–Crippen MR) is 69.0 cm³/mol. The van der Waals surface area contributed by atoms with Crippen molar-refractivity contribution in [3.63, 3.8) is 0 Å². The van der Waals surface area contributed by atoms with Gasteiger partial charge in [0.15, 0.2) is 11.5 Å². The largest absolute Gasteiger partial charge is 0.486 e. The average Bonchev–Trinajstić information content (AvgIpc) is 2.29. The third kappa shape index (κ3) is 2.32. The molecule has 4 heteroatoms. The molecule has 0 fully saturated rings. The minimum atomic E-state index is 0.178. The molecule has 0 saturated heterocycles. The van der Waals surface area contributed by atoms with E-state index in [2.05, 4.69) is 15.9 Å². The molecule has 1 aliphatic rings. The number of aryl methyl sites for hydroxylation is 1. The van der Waals surface area contributed by atoms with Crippen LogP contribution in [0.25, 0.3) is 0 Å². The third-order valence-electron chi connectivity index (χ3n) is 2.96. The molecule has 0 aliphatic carbocycles. The number of hydrogen-bond acceptors (Lipinski definition) is 3. The lowest BCUT2D eigenvalue weighted by molar-refractivity contribution is -0.108. The van der Waals surface area contributed by atoms with E-state index in [0.29, 0.717) is 19.6 Å². The van der Waals surface area contributed by atoms with Gasteiger partial charge in [-0.15, -0.1) is 0 Å². The minimum absolute atomic E-state index is 0.178. The minimum Gasteiger partial charge on any atom is -0.486 e. The maximum atomic E-state index is 10.6. The van der Waals surface area contributed by atoms with E-state index in [1.54, 1.807) is 0 Å². The molecule has 3 nitrogen and oxygen atoms in total. The highest BCUT2D eigenvalue weighted by atomic mass is 79.9. The van der Waals surface area contributed by atoms with Gasteiger partial charge in [-0.1, -0.05) is 6.92 Å². The summed E-state index contributed by atoms with van der Waals surface area (Å²) in [6.07, 6.45) is 1.46. The summed E-state index contributed by atoms with van der Waals surface area (Å²) in [5.74, 6) is 1.72. The van der Waals surface area contributed by atoms with Crippen molar-refractivity contribution in [3.05, 3.63) is 21.7 Å². The lowest BCUT2D eigenvalue weighted by Gasteiger charge is -2.24. The first-order valence-corrected chi connectivity index (χ1v) is 6.46. The number of rotatable bonds is 3. The van der Waals surface area contributed by atoms with E-state index in [0.717, 1.165) is 33.4 Å². The Kier molecular flexibility index (Phi) is 3.72. The van der Waals surface area contributed by atoms with E-state index >= 15 is 0 Å². The Bertz CT molecular complexity index is 443. The predicted octanol–water partition coefficient (Wildman–Crippen LogP) is 3.22. The fourth-order valence-corrected chi connectivity index (χ4v) is 3.16. The van der Waals surface area contributed by atoms with Crippen LogP contribution in [0.1, 0.15) is 30.4 Å². The number of ether oxygens (including phenoxy) is 2. The van der Waals surface area contributed by atoms with Crippen LogP contribution in [0.2, 0.25) is 0 Å². The molecule has 92 valence electrons. The zero-order chi connectivity index (χ0) is 12.4. The Balaban J connectivity index is 2.48. The number of benzene rings is 1. The molecular formula is C13H15BrO3. The van der Waals surface area contributed by atoms with E-state index < -0.39 is 0 Å². The highest BCUT2D eigenvalue weighted by molar-refractivity contribution is 9.10. The maximum Gasteiger partial charge on any atom is 0.175 e.